The normalized spacial score (nSPS) is 44.8. The van der Waals surface area contributed by atoms with Crippen LogP contribution < -0.4 is 0 Å². The van der Waals surface area contributed by atoms with Crippen molar-refractivity contribution in [3.63, 3.8) is 0 Å². The summed E-state index contributed by atoms with van der Waals surface area (Å²) < 4.78 is 4.96. The molecule has 3 atom stereocenters. The fraction of sp³-hybridized carbons (Fsp3) is 0.727. The van der Waals surface area contributed by atoms with E-state index in [0.717, 1.165) is 25.4 Å². The highest BCUT2D eigenvalue weighted by Crippen LogP contribution is 2.60. The van der Waals surface area contributed by atoms with Crippen LogP contribution >= 0.6 is 0 Å². The quantitative estimate of drug-likeness (QED) is 0.456. The number of hydrogen-bond acceptors (Lipinski definition) is 3. The van der Waals surface area contributed by atoms with Crippen molar-refractivity contribution in [2.75, 3.05) is 20.2 Å². The molecule has 1 saturated carbocycles. The molecular weight excluding hydrogens is 178 g/mol. The Labute approximate surface area is 83.7 Å². The van der Waals surface area contributed by atoms with Gasteiger partial charge in [0.2, 0.25) is 0 Å². The molecule has 0 aromatic heterocycles. The van der Waals surface area contributed by atoms with Gasteiger partial charge in [-0.1, -0.05) is 12.2 Å². The maximum Gasteiger partial charge on any atom is 0.326 e. The van der Waals surface area contributed by atoms with Crippen molar-refractivity contribution in [2.24, 2.45) is 11.8 Å². The summed E-state index contributed by atoms with van der Waals surface area (Å²) in [5, 5.41) is 0. The van der Waals surface area contributed by atoms with Gasteiger partial charge in [0.25, 0.3) is 0 Å². The van der Waals surface area contributed by atoms with Gasteiger partial charge in [-0.05, 0) is 24.7 Å². The smallest absolute Gasteiger partial charge is 0.326 e. The van der Waals surface area contributed by atoms with Crippen molar-refractivity contribution in [3.8, 4) is 0 Å². The minimum Gasteiger partial charge on any atom is -0.468 e. The summed E-state index contributed by atoms with van der Waals surface area (Å²) in [6, 6.07) is 0. The highest BCUT2D eigenvalue weighted by atomic mass is 16.5. The molecule has 3 heteroatoms. The molecule has 1 unspecified atom stereocenters. The van der Waals surface area contributed by atoms with E-state index in [1.54, 1.807) is 0 Å². The Balaban J connectivity index is 1.99. The lowest BCUT2D eigenvalue weighted by Gasteiger charge is -2.31. The fourth-order valence-electron chi connectivity index (χ4n) is 3.40. The van der Waals surface area contributed by atoms with Gasteiger partial charge in [0.15, 0.2) is 0 Å². The Bertz CT molecular complexity index is 325. The van der Waals surface area contributed by atoms with Crippen LogP contribution in [0.2, 0.25) is 0 Å². The highest BCUT2D eigenvalue weighted by molar-refractivity contribution is 5.84. The Morgan fingerprint density at radius 3 is 3.21 bits per heavy atom. The molecule has 3 fully saturated rings. The molecule has 0 aromatic rings. The number of methoxy groups -OCH3 is 1. The van der Waals surface area contributed by atoms with Gasteiger partial charge in [-0.2, -0.15) is 0 Å². The largest absolute Gasteiger partial charge is 0.468 e. The Morgan fingerprint density at radius 1 is 1.71 bits per heavy atom. The molecule has 2 saturated heterocycles. The van der Waals surface area contributed by atoms with E-state index in [-0.39, 0.29) is 11.5 Å². The van der Waals surface area contributed by atoms with E-state index in [1.165, 1.54) is 19.1 Å². The molecule has 2 aliphatic heterocycles. The third-order valence-corrected chi connectivity index (χ3v) is 4.03. The Kier molecular flexibility index (Phi) is 1.45. The minimum absolute atomic E-state index is 0.0406. The van der Waals surface area contributed by atoms with Gasteiger partial charge < -0.3 is 4.74 Å². The van der Waals surface area contributed by atoms with Crippen LogP contribution in [0.25, 0.3) is 0 Å². The number of hydrogen-bond donors (Lipinski definition) is 0. The van der Waals surface area contributed by atoms with Gasteiger partial charge in [0.05, 0.1) is 7.11 Å². The number of ether oxygens (including phenoxy) is 1. The Hall–Kier alpha value is -0.830. The molecular formula is C11H15NO2. The van der Waals surface area contributed by atoms with Crippen LogP contribution in [0.4, 0.5) is 0 Å². The number of carbonyl (C=O) groups excluding carboxylic acids is 1. The van der Waals surface area contributed by atoms with Gasteiger partial charge >= 0.3 is 5.97 Å². The minimum atomic E-state index is -0.309. The molecule has 3 nitrogen and oxygen atoms in total. The zero-order valence-corrected chi connectivity index (χ0v) is 8.45. The molecule has 0 bridgehead atoms. The Morgan fingerprint density at radius 2 is 2.50 bits per heavy atom. The first-order chi connectivity index (χ1) is 6.68. The van der Waals surface area contributed by atoms with E-state index in [4.69, 9.17) is 4.74 Å². The first-order valence-electron chi connectivity index (χ1n) is 5.18. The van der Waals surface area contributed by atoms with E-state index in [0.29, 0.717) is 5.92 Å². The van der Waals surface area contributed by atoms with Gasteiger partial charge in [-0.3, -0.25) is 9.69 Å². The molecule has 2 heterocycles. The number of piperidine rings is 1. The third kappa shape index (κ3) is 0.793. The summed E-state index contributed by atoms with van der Waals surface area (Å²) >= 11 is 0. The molecule has 3 aliphatic rings. The van der Waals surface area contributed by atoms with E-state index >= 15 is 0 Å². The van der Waals surface area contributed by atoms with Crippen LogP contribution in [0.5, 0.6) is 0 Å². The van der Waals surface area contributed by atoms with Gasteiger partial charge in [-0.15, -0.1) is 0 Å². The fourth-order valence-corrected chi connectivity index (χ4v) is 3.40. The number of nitrogens with zero attached hydrogens (tertiary/aromatic N) is 1. The molecule has 0 spiro atoms. The predicted octanol–water partition coefficient (Wildman–Crippen LogP) is 0.810. The monoisotopic (exact) mass is 193 g/mol. The van der Waals surface area contributed by atoms with Crippen molar-refractivity contribution < 1.29 is 9.53 Å². The number of esters is 1. The van der Waals surface area contributed by atoms with Crippen LogP contribution in [0.15, 0.2) is 12.2 Å². The molecule has 0 amide bonds. The van der Waals surface area contributed by atoms with Crippen molar-refractivity contribution in [2.45, 2.75) is 18.4 Å². The average molecular weight is 193 g/mol. The van der Waals surface area contributed by atoms with Crippen LogP contribution in [-0.2, 0) is 9.53 Å². The second kappa shape index (κ2) is 2.40. The van der Waals surface area contributed by atoms with Crippen molar-refractivity contribution in [1.29, 1.82) is 0 Å². The standard InChI is InChI=1S/C11H15NO2/c1-7-4-11(10(13)14-2)9-3-8(9)6-12(11)5-7/h8-9H,1,3-6H2,2H3/t8-,9-,11?/m1/s1. The second-order valence-electron chi connectivity index (χ2n) is 4.83. The maximum absolute atomic E-state index is 11.9. The molecule has 14 heavy (non-hydrogen) atoms. The van der Waals surface area contributed by atoms with Crippen molar-refractivity contribution in [1.82, 2.24) is 4.90 Å². The summed E-state index contributed by atoms with van der Waals surface area (Å²) in [4.78, 5) is 14.2. The number of fused-ring (bicyclic) bond motifs is 3. The predicted molar refractivity (Wildman–Crippen MR) is 51.7 cm³/mol. The SMILES string of the molecule is C=C1CN2C[C@H]3C[C@H]3C2(C(=O)OC)C1. The topological polar surface area (TPSA) is 29.5 Å². The second-order valence-corrected chi connectivity index (χ2v) is 4.83. The average Bonchev–Trinajstić information content (AvgIpc) is 2.74. The van der Waals surface area contributed by atoms with E-state index in [9.17, 15) is 4.79 Å². The lowest BCUT2D eigenvalue weighted by molar-refractivity contribution is -0.153. The molecule has 3 rings (SSSR count). The summed E-state index contributed by atoms with van der Waals surface area (Å²) in [5.41, 5.74) is 0.872. The van der Waals surface area contributed by atoms with Gasteiger partial charge in [0.1, 0.15) is 5.54 Å². The summed E-state index contributed by atoms with van der Waals surface area (Å²) in [7, 11) is 1.49. The lowest BCUT2D eigenvalue weighted by Crippen LogP contribution is -2.49. The van der Waals surface area contributed by atoms with E-state index in [2.05, 4.69) is 11.5 Å². The van der Waals surface area contributed by atoms with Crippen molar-refractivity contribution >= 4 is 5.97 Å². The van der Waals surface area contributed by atoms with Gasteiger partial charge in [-0.25, -0.2) is 0 Å². The van der Waals surface area contributed by atoms with Crippen LogP contribution in [0.1, 0.15) is 12.8 Å². The molecule has 0 N–H and O–H groups in total. The zero-order chi connectivity index (χ0) is 9.92. The maximum atomic E-state index is 11.9. The molecule has 0 radical (unpaired) electrons. The van der Waals surface area contributed by atoms with E-state index in [1.807, 2.05) is 0 Å². The number of rotatable bonds is 1. The lowest BCUT2D eigenvalue weighted by atomic mass is 9.90. The molecule has 0 aromatic carbocycles. The first-order valence-corrected chi connectivity index (χ1v) is 5.18. The summed E-state index contributed by atoms with van der Waals surface area (Å²) in [5.74, 6) is 1.26. The van der Waals surface area contributed by atoms with Crippen LogP contribution in [0, 0.1) is 11.8 Å². The third-order valence-electron chi connectivity index (χ3n) is 4.03. The summed E-state index contributed by atoms with van der Waals surface area (Å²) in [6.45, 7) is 5.96. The molecule has 76 valence electrons. The molecule has 1 aliphatic carbocycles. The van der Waals surface area contributed by atoms with Crippen LogP contribution in [-0.4, -0.2) is 36.6 Å². The summed E-state index contributed by atoms with van der Waals surface area (Å²) in [6.07, 6.45) is 2.03. The van der Waals surface area contributed by atoms with E-state index < -0.39 is 0 Å². The van der Waals surface area contributed by atoms with Crippen molar-refractivity contribution in [3.05, 3.63) is 12.2 Å². The first kappa shape index (κ1) is 8.48. The zero-order valence-electron chi connectivity index (χ0n) is 8.45. The van der Waals surface area contributed by atoms with Gasteiger partial charge in [0, 0.05) is 13.1 Å². The van der Waals surface area contributed by atoms with Crippen LogP contribution in [0.3, 0.4) is 0 Å². The number of carbonyl (C=O) groups is 1. The highest BCUT2D eigenvalue weighted by Gasteiger charge is 2.68.